The molecule has 1 aromatic heterocycles. The molecule has 1 atom stereocenters. The third-order valence-corrected chi connectivity index (χ3v) is 3.70. The number of benzene rings is 1. The molecule has 1 aromatic carbocycles. The lowest BCUT2D eigenvalue weighted by molar-refractivity contribution is -0.144. The largest absolute Gasteiger partial charge is 0.469 e. The molecule has 0 spiro atoms. The monoisotopic (exact) mass is 234 g/mol. The number of methoxy groups -OCH3 is 1. The molecular weight excluding hydrogens is 220 g/mol. The number of rotatable bonds is 3. The summed E-state index contributed by atoms with van der Waals surface area (Å²) in [5, 5.41) is 3.33. The highest BCUT2D eigenvalue weighted by molar-refractivity contribution is 7.17. The molecule has 0 aliphatic rings. The second kappa shape index (κ2) is 4.66. The molecule has 0 radical (unpaired) electrons. The first-order valence-electron chi connectivity index (χ1n) is 5.25. The maximum absolute atomic E-state index is 11.4. The second-order valence-electron chi connectivity index (χ2n) is 3.88. The summed E-state index contributed by atoms with van der Waals surface area (Å²) < 4.78 is 6.02. The summed E-state index contributed by atoms with van der Waals surface area (Å²) in [5.41, 5.74) is 1.23. The maximum Gasteiger partial charge on any atom is 0.308 e. The molecule has 0 saturated carbocycles. The van der Waals surface area contributed by atoms with Crippen molar-refractivity contribution in [3.05, 3.63) is 35.2 Å². The highest BCUT2D eigenvalue weighted by Crippen LogP contribution is 2.26. The number of hydrogen-bond donors (Lipinski definition) is 0. The molecule has 2 rings (SSSR count). The third kappa shape index (κ3) is 2.09. The van der Waals surface area contributed by atoms with Crippen LogP contribution in [0.2, 0.25) is 0 Å². The molecule has 1 heterocycles. The molecule has 2 aromatic rings. The van der Waals surface area contributed by atoms with E-state index < -0.39 is 0 Å². The fourth-order valence-electron chi connectivity index (χ4n) is 1.83. The molecule has 0 fully saturated rings. The Morgan fingerprint density at radius 1 is 1.44 bits per heavy atom. The Hall–Kier alpha value is -1.35. The summed E-state index contributed by atoms with van der Waals surface area (Å²) in [6, 6.07) is 8.32. The normalized spacial score (nSPS) is 12.6. The number of hydrogen-bond acceptors (Lipinski definition) is 3. The van der Waals surface area contributed by atoms with E-state index in [9.17, 15) is 4.79 Å². The van der Waals surface area contributed by atoms with E-state index in [2.05, 4.69) is 23.6 Å². The fraction of sp³-hybridized carbons (Fsp3) is 0.308. The van der Waals surface area contributed by atoms with Gasteiger partial charge in [-0.25, -0.2) is 0 Å². The van der Waals surface area contributed by atoms with Gasteiger partial charge < -0.3 is 4.74 Å². The predicted molar refractivity (Wildman–Crippen MR) is 66.7 cm³/mol. The Balaban J connectivity index is 2.27. The van der Waals surface area contributed by atoms with Gasteiger partial charge in [0.25, 0.3) is 0 Å². The minimum atomic E-state index is -0.145. The van der Waals surface area contributed by atoms with Crippen LogP contribution in [-0.2, 0) is 16.0 Å². The molecule has 0 N–H and O–H groups in total. The van der Waals surface area contributed by atoms with E-state index in [4.69, 9.17) is 4.74 Å². The number of carbonyl (C=O) groups excluding carboxylic acids is 1. The van der Waals surface area contributed by atoms with Gasteiger partial charge in [-0.2, -0.15) is 0 Å². The number of fused-ring (bicyclic) bond motifs is 1. The van der Waals surface area contributed by atoms with Gasteiger partial charge in [-0.1, -0.05) is 25.1 Å². The fourth-order valence-corrected chi connectivity index (χ4v) is 2.76. The molecule has 0 amide bonds. The first kappa shape index (κ1) is 11.1. The predicted octanol–water partition coefficient (Wildman–Crippen LogP) is 3.25. The summed E-state index contributed by atoms with van der Waals surface area (Å²) in [5.74, 6) is -0.230. The Bertz CT molecular complexity index is 501. The topological polar surface area (TPSA) is 26.3 Å². The van der Waals surface area contributed by atoms with E-state index in [1.807, 2.05) is 13.0 Å². The van der Waals surface area contributed by atoms with Crippen LogP contribution in [0.1, 0.15) is 12.5 Å². The van der Waals surface area contributed by atoms with Crippen LogP contribution >= 0.6 is 11.3 Å². The van der Waals surface area contributed by atoms with Crippen LogP contribution in [-0.4, -0.2) is 13.1 Å². The molecule has 0 aliphatic heterocycles. The summed E-state index contributed by atoms with van der Waals surface area (Å²) in [7, 11) is 1.44. The smallest absolute Gasteiger partial charge is 0.308 e. The van der Waals surface area contributed by atoms with Crippen molar-refractivity contribution < 1.29 is 9.53 Å². The maximum atomic E-state index is 11.4. The molecule has 0 aliphatic carbocycles. The Morgan fingerprint density at radius 2 is 2.25 bits per heavy atom. The Morgan fingerprint density at radius 3 is 3.00 bits per heavy atom. The summed E-state index contributed by atoms with van der Waals surface area (Å²) in [6.45, 7) is 1.90. The lowest BCUT2D eigenvalue weighted by Crippen LogP contribution is -2.15. The highest BCUT2D eigenvalue weighted by Gasteiger charge is 2.15. The average Bonchev–Trinajstić information content (AvgIpc) is 2.77. The van der Waals surface area contributed by atoms with Gasteiger partial charge in [0.15, 0.2) is 0 Å². The van der Waals surface area contributed by atoms with Gasteiger partial charge in [-0.15, -0.1) is 11.3 Å². The van der Waals surface area contributed by atoms with Crippen LogP contribution in [0.4, 0.5) is 0 Å². The van der Waals surface area contributed by atoms with Gasteiger partial charge in [-0.3, -0.25) is 4.79 Å². The van der Waals surface area contributed by atoms with E-state index in [-0.39, 0.29) is 11.9 Å². The van der Waals surface area contributed by atoms with Gasteiger partial charge in [0, 0.05) is 4.70 Å². The van der Waals surface area contributed by atoms with E-state index in [1.165, 1.54) is 22.8 Å². The molecule has 84 valence electrons. The molecule has 2 nitrogen and oxygen atoms in total. The molecule has 16 heavy (non-hydrogen) atoms. The minimum absolute atomic E-state index is 0.0855. The van der Waals surface area contributed by atoms with Crippen LogP contribution in [0.5, 0.6) is 0 Å². The van der Waals surface area contributed by atoms with Crippen molar-refractivity contribution in [2.45, 2.75) is 13.3 Å². The summed E-state index contributed by atoms with van der Waals surface area (Å²) >= 11 is 1.72. The molecule has 1 unspecified atom stereocenters. The van der Waals surface area contributed by atoms with E-state index >= 15 is 0 Å². The zero-order valence-electron chi connectivity index (χ0n) is 9.40. The zero-order chi connectivity index (χ0) is 11.5. The van der Waals surface area contributed by atoms with Crippen molar-refractivity contribution in [2.24, 2.45) is 5.92 Å². The van der Waals surface area contributed by atoms with Gasteiger partial charge in [0.1, 0.15) is 0 Å². The van der Waals surface area contributed by atoms with Crippen molar-refractivity contribution in [3.8, 4) is 0 Å². The number of carbonyl (C=O) groups is 1. The highest BCUT2D eigenvalue weighted by atomic mass is 32.1. The molecule has 0 saturated heterocycles. The lowest BCUT2D eigenvalue weighted by Gasteiger charge is -2.09. The van der Waals surface area contributed by atoms with Crippen molar-refractivity contribution in [2.75, 3.05) is 7.11 Å². The van der Waals surface area contributed by atoms with E-state index in [0.29, 0.717) is 0 Å². The minimum Gasteiger partial charge on any atom is -0.469 e. The molecule has 0 bridgehead atoms. The van der Waals surface area contributed by atoms with Crippen LogP contribution in [0.15, 0.2) is 29.6 Å². The summed E-state index contributed by atoms with van der Waals surface area (Å²) in [6.07, 6.45) is 0.741. The average molecular weight is 234 g/mol. The van der Waals surface area contributed by atoms with Crippen LogP contribution in [0, 0.1) is 5.92 Å². The first-order valence-corrected chi connectivity index (χ1v) is 6.13. The van der Waals surface area contributed by atoms with Crippen LogP contribution < -0.4 is 0 Å². The third-order valence-electron chi connectivity index (χ3n) is 2.69. The van der Waals surface area contributed by atoms with E-state index in [1.54, 1.807) is 11.3 Å². The van der Waals surface area contributed by atoms with Gasteiger partial charge in [0.2, 0.25) is 0 Å². The van der Waals surface area contributed by atoms with Gasteiger partial charge in [0.05, 0.1) is 13.0 Å². The Labute approximate surface area is 98.9 Å². The molecular formula is C13H14O2S. The molecule has 3 heteroatoms. The van der Waals surface area contributed by atoms with Crippen LogP contribution in [0.3, 0.4) is 0 Å². The SMILES string of the molecule is COC(=O)C(C)Cc1cccc2ccsc12. The number of ether oxygens (including phenoxy) is 1. The quantitative estimate of drug-likeness (QED) is 0.762. The zero-order valence-corrected chi connectivity index (χ0v) is 10.2. The first-order chi connectivity index (χ1) is 7.72. The number of thiophene rings is 1. The van der Waals surface area contributed by atoms with Crippen molar-refractivity contribution >= 4 is 27.4 Å². The van der Waals surface area contributed by atoms with Crippen molar-refractivity contribution in [3.63, 3.8) is 0 Å². The second-order valence-corrected chi connectivity index (χ2v) is 4.80. The van der Waals surface area contributed by atoms with Gasteiger partial charge in [-0.05, 0) is 28.8 Å². The Kier molecular flexibility index (Phi) is 3.25. The van der Waals surface area contributed by atoms with Gasteiger partial charge >= 0.3 is 5.97 Å². The lowest BCUT2D eigenvalue weighted by atomic mass is 10.0. The van der Waals surface area contributed by atoms with E-state index in [0.717, 1.165) is 6.42 Å². The summed E-state index contributed by atoms with van der Waals surface area (Å²) in [4.78, 5) is 11.4. The standard InChI is InChI=1S/C13H14O2S/c1-9(13(14)15-2)8-11-5-3-4-10-6-7-16-12(10)11/h3-7,9H,8H2,1-2H3. The van der Waals surface area contributed by atoms with Crippen molar-refractivity contribution in [1.29, 1.82) is 0 Å². The number of esters is 1. The van der Waals surface area contributed by atoms with Crippen molar-refractivity contribution in [1.82, 2.24) is 0 Å². The van der Waals surface area contributed by atoms with Crippen LogP contribution in [0.25, 0.3) is 10.1 Å².